The maximum Gasteiger partial charge on any atom is 0.416 e. The average Bonchev–Trinajstić information content (AvgIpc) is 2.77. The van der Waals surface area contributed by atoms with Gasteiger partial charge in [0, 0.05) is 6.54 Å². The summed E-state index contributed by atoms with van der Waals surface area (Å²) >= 11 is 0. The molecular formula is C13H15F3N2O2. The lowest BCUT2D eigenvalue weighted by molar-refractivity contribution is -0.137. The van der Waals surface area contributed by atoms with Gasteiger partial charge in [-0.05, 0) is 30.7 Å². The molecule has 4 nitrogen and oxygen atoms in total. The number of hydrogen-bond donors (Lipinski definition) is 1. The van der Waals surface area contributed by atoms with Gasteiger partial charge in [-0.1, -0.05) is 12.1 Å². The molecule has 0 aliphatic carbocycles. The third-order valence-corrected chi connectivity index (χ3v) is 3.18. The third-order valence-electron chi connectivity index (χ3n) is 3.18. The summed E-state index contributed by atoms with van der Waals surface area (Å²) in [5, 5.41) is 0. The molecule has 110 valence electrons. The van der Waals surface area contributed by atoms with E-state index in [1.807, 2.05) is 0 Å². The van der Waals surface area contributed by atoms with Gasteiger partial charge in [-0.3, -0.25) is 4.90 Å². The Kier molecular flexibility index (Phi) is 4.17. The Morgan fingerprint density at radius 3 is 2.80 bits per heavy atom. The van der Waals surface area contributed by atoms with Crippen molar-refractivity contribution < 1.29 is 22.7 Å². The lowest BCUT2D eigenvalue weighted by Crippen LogP contribution is -2.30. The van der Waals surface area contributed by atoms with E-state index < -0.39 is 23.9 Å². The number of carbonyl (C=O) groups excluding carboxylic acids is 1. The molecule has 0 radical (unpaired) electrons. The van der Waals surface area contributed by atoms with Crippen molar-refractivity contribution in [2.24, 2.45) is 5.73 Å². The Morgan fingerprint density at radius 2 is 2.15 bits per heavy atom. The standard InChI is InChI=1S/C13H15F3N2O2/c14-13(15,16)10-4-1-3-9(7-10)11-8-20-12(19)18(11)6-2-5-17/h1,3-4,7,11H,2,5-6,8,17H2. The van der Waals surface area contributed by atoms with Crippen LogP contribution >= 0.6 is 0 Å². The normalized spacial score (nSPS) is 19.3. The number of cyclic esters (lactones) is 1. The van der Waals surface area contributed by atoms with E-state index in [9.17, 15) is 18.0 Å². The van der Waals surface area contributed by atoms with Crippen molar-refractivity contribution >= 4 is 6.09 Å². The summed E-state index contributed by atoms with van der Waals surface area (Å²) in [4.78, 5) is 13.0. The second-order valence-corrected chi connectivity index (χ2v) is 4.55. The number of hydrogen-bond acceptors (Lipinski definition) is 3. The van der Waals surface area contributed by atoms with Gasteiger partial charge < -0.3 is 10.5 Å². The molecule has 7 heteroatoms. The second-order valence-electron chi connectivity index (χ2n) is 4.55. The van der Waals surface area contributed by atoms with Crippen molar-refractivity contribution in [3.63, 3.8) is 0 Å². The number of halogens is 3. The lowest BCUT2D eigenvalue weighted by atomic mass is 10.0. The minimum atomic E-state index is -4.40. The van der Waals surface area contributed by atoms with Gasteiger partial charge in [0.05, 0.1) is 11.6 Å². The van der Waals surface area contributed by atoms with E-state index in [0.717, 1.165) is 12.1 Å². The van der Waals surface area contributed by atoms with Gasteiger partial charge in [0.2, 0.25) is 0 Å². The average molecular weight is 288 g/mol. The van der Waals surface area contributed by atoms with Crippen LogP contribution in [-0.2, 0) is 10.9 Å². The summed E-state index contributed by atoms with van der Waals surface area (Å²) in [6, 6.07) is 4.48. The predicted octanol–water partition coefficient (Wildman–Crippen LogP) is 2.55. The number of amides is 1. The zero-order valence-corrected chi connectivity index (χ0v) is 10.7. The Morgan fingerprint density at radius 1 is 1.40 bits per heavy atom. The van der Waals surface area contributed by atoms with Gasteiger partial charge in [0.1, 0.15) is 6.61 Å². The highest BCUT2D eigenvalue weighted by molar-refractivity contribution is 5.70. The molecule has 0 saturated carbocycles. The number of ether oxygens (including phenoxy) is 1. The zero-order chi connectivity index (χ0) is 14.8. The SMILES string of the molecule is NCCCN1C(=O)OCC1c1cccc(C(F)(F)F)c1. The fourth-order valence-electron chi connectivity index (χ4n) is 2.16. The summed E-state index contributed by atoms with van der Waals surface area (Å²) in [5.41, 5.74) is 5.08. The molecule has 1 amide bonds. The van der Waals surface area contributed by atoms with Crippen molar-refractivity contribution in [1.82, 2.24) is 4.90 Å². The topological polar surface area (TPSA) is 55.6 Å². The van der Waals surface area contributed by atoms with Gasteiger partial charge in [-0.15, -0.1) is 0 Å². The molecule has 2 N–H and O–H groups in total. The molecule has 1 fully saturated rings. The van der Waals surface area contributed by atoms with Crippen molar-refractivity contribution in [3.05, 3.63) is 35.4 Å². The molecule has 1 atom stereocenters. The van der Waals surface area contributed by atoms with E-state index in [1.165, 1.54) is 11.0 Å². The highest BCUT2D eigenvalue weighted by Gasteiger charge is 2.36. The van der Waals surface area contributed by atoms with Crippen molar-refractivity contribution in [2.75, 3.05) is 19.7 Å². The van der Waals surface area contributed by atoms with Crippen LogP contribution in [0.4, 0.5) is 18.0 Å². The Balaban J connectivity index is 2.24. The molecule has 1 saturated heterocycles. The van der Waals surface area contributed by atoms with Crippen LogP contribution in [0.25, 0.3) is 0 Å². The van der Waals surface area contributed by atoms with Gasteiger partial charge in [0.25, 0.3) is 0 Å². The molecular weight excluding hydrogens is 273 g/mol. The number of nitrogens with zero attached hydrogens (tertiary/aromatic N) is 1. The van der Waals surface area contributed by atoms with Crippen molar-refractivity contribution in [2.45, 2.75) is 18.6 Å². The molecule has 1 aromatic rings. The summed E-state index contributed by atoms with van der Waals surface area (Å²) in [7, 11) is 0. The van der Waals surface area contributed by atoms with Crippen LogP contribution in [0.2, 0.25) is 0 Å². The number of carbonyl (C=O) groups is 1. The van der Waals surface area contributed by atoms with Gasteiger partial charge in [-0.2, -0.15) is 13.2 Å². The Hall–Kier alpha value is -1.76. The first kappa shape index (κ1) is 14.6. The maximum absolute atomic E-state index is 12.7. The summed E-state index contributed by atoms with van der Waals surface area (Å²) < 4.78 is 43.0. The first-order valence-electron chi connectivity index (χ1n) is 6.24. The smallest absolute Gasteiger partial charge is 0.416 e. The van der Waals surface area contributed by atoms with Crippen LogP contribution in [-0.4, -0.2) is 30.7 Å². The summed E-state index contributed by atoms with van der Waals surface area (Å²) in [6.45, 7) is 0.833. The fourth-order valence-corrected chi connectivity index (χ4v) is 2.16. The van der Waals surface area contributed by atoms with Gasteiger partial charge in [0.15, 0.2) is 0 Å². The number of rotatable bonds is 4. The molecule has 1 unspecified atom stereocenters. The molecule has 1 aromatic carbocycles. The van der Waals surface area contributed by atoms with Crippen LogP contribution in [0.15, 0.2) is 24.3 Å². The van der Waals surface area contributed by atoms with Crippen molar-refractivity contribution in [3.8, 4) is 0 Å². The molecule has 0 aromatic heterocycles. The third kappa shape index (κ3) is 3.04. The predicted molar refractivity (Wildman–Crippen MR) is 65.9 cm³/mol. The molecule has 0 spiro atoms. The number of nitrogens with two attached hydrogens (primary N) is 1. The minimum absolute atomic E-state index is 0.0602. The molecule has 1 aliphatic heterocycles. The van der Waals surface area contributed by atoms with E-state index in [0.29, 0.717) is 25.1 Å². The highest BCUT2D eigenvalue weighted by Crippen LogP contribution is 2.33. The molecule has 1 heterocycles. The van der Waals surface area contributed by atoms with Crippen LogP contribution in [0.3, 0.4) is 0 Å². The largest absolute Gasteiger partial charge is 0.447 e. The summed E-state index contributed by atoms with van der Waals surface area (Å²) in [6.07, 6.45) is -4.34. The fraction of sp³-hybridized carbons (Fsp3) is 0.462. The highest BCUT2D eigenvalue weighted by atomic mass is 19.4. The van der Waals surface area contributed by atoms with E-state index in [1.54, 1.807) is 6.07 Å². The van der Waals surface area contributed by atoms with E-state index in [2.05, 4.69) is 0 Å². The first-order valence-corrected chi connectivity index (χ1v) is 6.24. The number of benzene rings is 1. The van der Waals surface area contributed by atoms with E-state index in [4.69, 9.17) is 10.5 Å². The second kappa shape index (κ2) is 5.70. The van der Waals surface area contributed by atoms with Crippen LogP contribution < -0.4 is 5.73 Å². The molecule has 1 aliphatic rings. The summed E-state index contributed by atoms with van der Waals surface area (Å²) in [5.74, 6) is 0. The van der Waals surface area contributed by atoms with Crippen LogP contribution in [0, 0.1) is 0 Å². The van der Waals surface area contributed by atoms with Crippen molar-refractivity contribution in [1.29, 1.82) is 0 Å². The monoisotopic (exact) mass is 288 g/mol. The lowest BCUT2D eigenvalue weighted by Gasteiger charge is -2.22. The van der Waals surface area contributed by atoms with E-state index >= 15 is 0 Å². The van der Waals surface area contributed by atoms with E-state index in [-0.39, 0.29) is 6.61 Å². The first-order chi connectivity index (χ1) is 9.43. The van der Waals surface area contributed by atoms with Crippen LogP contribution in [0.1, 0.15) is 23.6 Å². The maximum atomic E-state index is 12.7. The molecule has 0 bridgehead atoms. The quantitative estimate of drug-likeness (QED) is 0.926. The Labute approximate surface area is 114 Å². The number of alkyl halides is 3. The van der Waals surface area contributed by atoms with Gasteiger partial charge >= 0.3 is 12.3 Å². The minimum Gasteiger partial charge on any atom is -0.447 e. The molecule has 20 heavy (non-hydrogen) atoms. The van der Waals surface area contributed by atoms with Gasteiger partial charge in [-0.25, -0.2) is 4.79 Å². The zero-order valence-electron chi connectivity index (χ0n) is 10.7. The molecule has 2 rings (SSSR count). The van der Waals surface area contributed by atoms with Crippen LogP contribution in [0.5, 0.6) is 0 Å². The Bertz CT molecular complexity index is 491.